The molecule has 0 spiro atoms. The summed E-state index contributed by atoms with van der Waals surface area (Å²) in [6.07, 6.45) is 7.37. The molecule has 1 aliphatic heterocycles. The maximum Gasteiger partial charge on any atom is 0.339 e. The van der Waals surface area contributed by atoms with Crippen molar-refractivity contribution in [2.45, 2.75) is 39.0 Å². The van der Waals surface area contributed by atoms with Gasteiger partial charge in [-0.15, -0.1) is 0 Å². The molecule has 0 radical (unpaired) electrons. The highest BCUT2D eigenvalue weighted by Crippen LogP contribution is 2.22. The van der Waals surface area contributed by atoms with E-state index < -0.39 is 0 Å². The molecular formula is C11H15BrO2. The van der Waals surface area contributed by atoms with Crippen molar-refractivity contribution in [2.75, 3.05) is 0 Å². The summed E-state index contributed by atoms with van der Waals surface area (Å²) in [6.45, 7) is 2.18. The van der Waals surface area contributed by atoms with Gasteiger partial charge in [-0.1, -0.05) is 42.1 Å². The fourth-order valence-corrected chi connectivity index (χ4v) is 1.63. The number of carbonyl (C=O) groups excluding carboxylic acids is 1. The first-order valence-electron chi connectivity index (χ1n) is 5.01. The number of esters is 1. The largest absolute Gasteiger partial charge is 0.423 e. The molecule has 0 bridgehead atoms. The third kappa shape index (κ3) is 3.29. The second kappa shape index (κ2) is 6.02. The highest BCUT2D eigenvalue weighted by molar-refractivity contribution is 9.11. The topological polar surface area (TPSA) is 26.3 Å². The summed E-state index contributed by atoms with van der Waals surface area (Å²) >= 11 is 3.14. The van der Waals surface area contributed by atoms with Crippen molar-refractivity contribution in [3.63, 3.8) is 0 Å². The fraction of sp³-hybridized carbons (Fsp3) is 0.545. The van der Waals surface area contributed by atoms with Crippen LogP contribution >= 0.6 is 15.9 Å². The Morgan fingerprint density at radius 2 is 2.21 bits per heavy atom. The second-order valence-corrected chi connectivity index (χ2v) is 3.84. The summed E-state index contributed by atoms with van der Waals surface area (Å²) < 4.78 is 4.96. The summed E-state index contributed by atoms with van der Waals surface area (Å²) in [5.74, 6) is 0.424. The summed E-state index contributed by atoms with van der Waals surface area (Å²) in [4.78, 5) is 12.9. The van der Waals surface area contributed by atoms with Crippen LogP contribution in [0.15, 0.2) is 22.4 Å². The van der Waals surface area contributed by atoms with Gasteiger partial charge in [0, 0.05) is 10.6 Å². The molecule has 0 saturated carbocycles. The van der Waals surface area contributed by atoms with E-state index in [-0.39, 0.29) is 5.97 Å². The first-order valence-corrected chi connectivity index (χ1v) is 5.92. The number of ether oxygens (including phenoxy) is 1. The third-order valence-electron chi connectivity index (χ3n) is 2.20. The van der Waals surface area contributed by atoms with Crippen molar-refractivity contribution < 1.29 is 9.53 Å². The second-order valence-electron chi connectivity index (χ2n) is 3.38. The first-order chi connectivity index (χ1) is 6.77. The van der Waals surface area contributed by atoms with Crippen molar-refractivity contribution in [2.24, 2.45) is 0 Å². The minimum Gasteiger partial charge on any atom is -0.423 e. The Balaban J connectivity index is 2.34. The van der Waals surface area contributed by atoms with Crippen molar-refractivity contribution >= 4 is 21.9 Å². The Morgan fingerprint density at radius 1 is 1.43 bits per heavy atom. The Bertz CT molecular complexity index is 266. The van der Waals surface area contributed by atoms with Gasteiger partial charge < -0.3 is 4.74 Å². The van der Waals surface area contributed by atoms with Gasteiger partial charge in [0.05, 0.1) is 0 Å². The number of cyclic esters (lactones) is 1. The number of rotatable bonds is 5. The molecule has 0 aromatic carbocycles. The van der Waals surface area contributed by atoms with Gasteiger partial charge in [0.15, 0.2) is 0 Å². The number of hydrogen-bond acceptors (Lipinski definition) is 2. The van der Waals surface area contributed by atoms with Crippen LogP contribution in [0.4, 0.5) is 0 Å². The van der Waals surface area contributed by atoms with Gasteiger partial charge in [0.1, 0.15) is 5.76 Å². The first kappa shape index (κ1) is 11.5. The van der Waals surface area contributed by atoms with E-state index in [1.54, 1.807) is 4.99 Å². The molecule has 0 N–H and O–H groups in total. The van der Waals surface area contributed by atoms with Crippen molar-refractivity contribution in [3.8, 4) is 0 Å². The number of unbranched alkanes of at least 4 members (excludes halogenated alkanes) is 3. The van der Waals surface area contributed by atoms with Crippen molar-refractivity contribution in [1.29, 1.82) is 0 Å². The van der Waals surface area contributed by atoms with Gasteiger partial charge >= 0.3 is 5.97 Å². The van der Waals surface area contributed by atoms with Gasteiger partial charge in [0.2, 0.25) is 0 Å². The zero-order valence-electron chi connectivity index (χ0n) is 8.38. The zero-order valence-corrected chi connectivity index (χ0v) is 9.97. The van der Waals surface area contributed by atoms with Crippen LogP contribution in [0.25, 0.3) is 0 Å². The van der Waals surface area contributed by atoms with E-state index in [0.29, 0.717) is 5.76 Å². The summed E-state index contributed by atoms with van der Waals surface area (Å²) in [6, 6.07) is 0. The molecule has 0 aliphatic carbocycles. The number of carbonyl (C=O) groups is 1. The van der Waals surface area contributed by atoms with Gasteiger partial charge in [0.25, 0.3) is 0 Å². The maximum absolute atomic E-state index is 11.3. The quantitative estimate of drug-likeness (QED) is 0.556. The lowest BCUT2D eigenvalue weighted by Crippen LogP contribution is -1.98. The van der Waals surface area contributed by atoms with E-state index in [9.17, 15) is 4.79 Å². The van der Waals surface area contributed by atoms with Crippen LogP contribution in [0.5, 0.6) is 0 Å². The molecule has 78 valence electrons. The van der Waals surface area contributed by atoms with E-state index in [4.69, 9.17) is 4.74 Å². The Morgan fingerprint density at radius 3 is 2.79 bits per heavy atom. The average Bonchev–Trinajstić information content (AvgIpc) is 2.54. The van der Waals surface area contributed by atoms with E-state index >= 15 is 0 Å². The number of allylic oxidation sites excluding steroid dienone is 1. The van der Waals surface area contributed by atoms with E-state index in [2.05, 4.69) is 22.9 Å². The Labute approximate surface area is 93.1 Å². The molecule has 0 aromatic heterocycles. The number of halogens is 1. The molecule has 0 saturated heterocycles. The van der Waals surface area contributed by atoms with Gasteiger partial charge in [-0.25, -0.2) is 4.79 Å². The monoisotopic (exact) mass is 258 g/mol. The SMILES string of the molecule is CCCCCCC1=C/C(=C/Br)OC1=O. The molecular weight excluding hydrogens is 244 g/mol. The summed E-state index contributed by atoms with van der Waals surface area (Å²) in [5, 5.41) is 0. The minimum atomic E-state index is -0.188. The van der Waals surface area contributed by atoms with Crippen LogP contribution in [0.2, 0.25) is 0 Å². The lowest BCUT2D eigenvalue weighted by Gasteiger charge is -1.98. The fourth-order valence-electron chi connectivity index (χ4n) is 1.40. The Hall–Kier alpha value is -0.570. The van der Waals surface area contributed by atoms with Gasteiger partial charge in [-0.2, -0.15) is 0 Å². The molecule has 3 heteroatoms. The van der Waals surface area contributed by atoms with Gasteiger partial charge in [-0.05, 0) is 18.9 Å². The molecule has 0 amide bonds. The van der Waals surface area contributed by atoms with Crippen molar-refractivity contribution in [1.82, 2.24) is 0 Å². The van der Waals surface area contributed by atoms with Crippen LogP contribution in [0, 0.1) is 0 Å². The van der Waals surface area contributed by atoms with E-state index in [0.717, 1.165) is 18.4 Å². The normalized spacial score (nSPS) is 18.6. The highest BCUT2D eigenvalue weighted by atomic mass is 79.9. The molecule has 0 atom stereocenters. The average molecular weight is 259 g/mol. The maximum atomic E-state index is 11.3. The van der Waals surface area contributed by atoms with Crippen LogP contribution in [0.1, 0.15) is 39.0 Å². The van der Waals surface area contributed by atoms with Crippen LogP contribution < -0.4 is 0 Å². The van der Waals surface area contributed by atoms with Crippen LogP contribution in [-0.2, 0) is 9.53 Å². The standard InChI is InChI=1S/C11H15BrO2/c1-2-3-4-5-6-9-7-10(8-12)14-11(9)13/h7-8H,2-6H2,1H3/b10-8-. The molecule has 14 heavy (non-hydrogen) atoms. The molecule has 0 unspecified atom stereocenters. The summed E-state index contributed by atoms with van der Waals surface area (Å²) in [7, 11) is 0. The molecule has 0 fully saturated rings. The lowest BCUT2D eigenvalue weighted by atomic mass is 10.1. The lowest BCUT2D eigenvalue weighted by molar-refractivity contribution is -0.133. The predicted molar refractivity (Wildman–Crippen MR) is 59.9 cm³/mol. The molecule has 1 rings (SSSR count). The molecule has 1 heterocycles. The summed E-state index contributed by atoms with van der Waals surface area (Å²) in [5.41, 5.74) is 0.798. The minimum absolute atomic E-state index is 0.188. The van der Waals surface area contributed by atoms with E-state index in [1.807, 2.05) is 6.08 Å². The third-order valence-corrected chi connectivity index (χ3v) is 2.65. The smallest absolute Gasteiger partial charge is 0.339 e. The van der Waals surface area contributed by atoms with Crippen LogP contribution in [0.3, 0.4) is 0 Å². The predicted octanol–water partition coefficient (Wildman–Crippen LogP) is 3.68. The van der Waals surface area contributed by atoms with Crippen molar-refractivity contribution in [3.05, 3.63) is 22.4 Å². The zero-order chi connectivity index (χ0) is 10.4. The molecule has 0 aromatic rings. The molecule has 1 aliphatic rings. The molecule has 2 nitrogen and oxygen atoms in total. The van der Waals surface area contributed by atoms with Gasteiger partial charge in [-0.3, -0.25) is 0 Å². The highest BCUT2D eigenvalue weighted by Gasteiger charge is 2.19. The Kier molecular flexibility index (Phi) is 4.94. The van der Waals surface area contributed by atoms with Crippen LogP contribution in [-0.4, -0.2) is 5.97 Å². The number of hydrogen-bond donors (Lipinski definition) is 0. The van der Waals surface area contributed by atoms with E-state index in [1.165, 1.54) is 19.3 Å².